The fourth-order valence-corrected chi connectivity index (χ4v) is 4.09. The predicted molar refractivity (Wildman–Crippen MR) is 137 cm³/mol. The average molecular weight is 548 g/mol. The zero-order valence-corrected chi connectivity index (χ0v) is 21.6. The van der Waals surface area contributed by atoms with Crippen molar-refractivity contribution in [3.8, 4) is 22.1 Å². The van der Waals surface area contributed by atoms with Gasteiger partial charge in [0.2, 0.25) is 11.0 Å². The standard InChI is InChI=1S/C23H26BrN5O4S/c1-5-13(2)19(26-22(31)25-17-11-10-16(32-3)12-18(17)33-4)20(30)27-23-29-28-21(34-23)14-6-8-15(24)9-7-14/h6-13,19H,5H2,1-4H3,(H2,25,26,31)(H,27,29,30)/t13-,19+/m1/s1. The number of hydrogen-bond donors (Lipinski definition) is 3. The summed E-state index contributed by atoms with van der Waals surface area (Å²) >= 11 is 4.67. The Morgan fingerprint density at radius 1 is 1.06 bits per heavy atom. The van der Waals surface area contributed by atoms with Crippen molar-refractivity contribution in [1.82, 2.24) is 15.5 Å². The van der Waals surface area contributed by atoms with Crippen LogP contribution in [0.25, 0.3) is 10.6 Å². The molecule has 3 amide bonds. The minimum absolute atomic E-state index is 0.123. The summed E-state index contributed by atoms with van der Waals surface area (Å²) in [5.41, 5.74) is 1.35. The molecule has 180 valence electrons. The summed E-state index contributed by atoms with van der Waals surface area (Å²) in [7, 11) is 3.04. The minimum Gasteiger partial charge on any atom is -0.497 e. The van der Waals surface area contributed by atoms with E-state index in [4.69, 9.17) is 9.47 Å². The third-order valence-corrected chi connectivity index (χ3v) is 6.60. The molecule has 0 spiro atoms. The molecule has 3 rings (SSSR count). The number of nitrogens with zero attached hydrogens (tertiary/aromatic N) is 2. The van der Waals surface area contributed by atoms with Gasteiger partial charge in [-0.05, 0) is 30.2 Å². The highest BCUT2D eigenvalue weighted by Crippen LogP contribution is 2.29. The first kappa shape index (κ1) is 25.4. The van der Waals surface area contributed by atoms with Crippen molar-refractivity contribution in [3.05, 3.63) is 46.9 Å². The van der Waals surface area contributed by atoms with E-state index in [1.165, 1.54) is 18.4 Å². The van der Waals surface area contributed by atoms with Crippen molar-refractivity contribution in [3.63, 3.8) is 0 Å². The van der Waals surface area contributed by atoms with Crippen LogP contribution in [0.15, 0.2) is 46.9 Å². The molecule has 0 radical (unpaired) electrons. The molecule has 0 bridgehead atoms. The topological polar surface area (TPSA) is 114 Å². The van der Waals surface area contributed by atoms with Crippen LogP contribution in [0.4, 0.5) is 15.6 Å². The molecule has 0 aliphatic heterocycles. The van der Waals surface area contributed by atoms with Gasteiger partial charge in [0, 0.05) is 16.1 Å². The van der Waals surface area contributed by atoms with Gasteiger partial charge in [0.1, 0.15) is 22.5 Å². The van der Waals surface area contributed by atoms with E-state index < -0.39 is 12.1 Å². The van der Waals surface area contributed by atoms with E-state index in [2.05, 4.69) is 42.1 Å². The van der Waals surface area contributed by atoms with Gasteiger partial charge >= 0.3 is 6.03 Å². The lowest BCUT2D eigenvalue weighted by Crippen LogP contribution is -2.49. The monoisotopic (exact) mass is 547 g/mol. The molecule has 2 aromatic carbocycles. The van der Waals surface area contributed by atoms with Crippen molar-refractivity contribution >= 4 is 50.0 Å². The Bertz CT molecular complexity index is 1140. The number of aromatic nitrogens is 2. The Morgan fingerprint density at radius 2 is 1.79 bits per heavy atom. The molecule has 11 heteroatoms. The molecule has 9 nitrogen and oxygen atoms in total. The normalized spacial score (nSPS) is 12.4. The van der Waals surface area contributed by atoms with E-state index in [0.29, 0.717) is 33.7 Å². The second-order valence-corrected chi connectivity index (χ2v) is 9.33. The predicted octanol–water partition coefficient (Wildman–Crippen LogP) is 5.16. The van der Waals surface area contributed by atoms with Gasteiger partial charge in [-0.15, -0.1) is 10.2 Å². The van der Waals surface area contributed by atoms with Crippen LogP contribution in [0.3, 0.4) is 0 Å². The second-order valence-electron chi connectivity index (χ2n) is 7.44. The third kappa shape index (κ3) is 6.45. The zero-order chi connectivity index (χ0) is 24.7. The number of anilines is 2. The van der Waals surface area contributed by atoms with Gasteiger partial charge in [-0.25, -0.2) is 4.79 Å². The number of methoxy groups -OCH3 is 2. The van der Waals surface area contributed by atoms with Gasteiger partial charge in [-0.2, -0.15) is 0 Å². The zero-order valence-electron chi connectivity index (χ0n) is 19.2. The third-order valence-electron chi connectivity index (χ3n) is 5.19. The van der Waals surface area contributed by atoms with Crippen LogP contribution in [0, 0.1) is 5.92 Å². The molecular formula is C23H26BrN5O4S. The van der Waals surface area contributed by atoms with Crippen LogP contribution in [0.1, 0.15) is 20.3 Å². The fourth-order valence-electron chi connectivity index (χ4n) is 3.07. The number of rotatable bonds is 9. The summed E-state index contributed by atoms with van der Waals surface area (Å²) in [6, 6.07) is 11.4. The largest absolute Gasteiger partial charge is 0.497 e. The molecular weight excluding hydrogens is 522 g/mol. The van der Waals surface area contributed by atoms with Crippen molar-refractivity contribution < 1.29 is 19.1 Å². The molecule has 0 aliphatic rings. The Balaban J connectivity index is 1.69. The molecule has 0 saturated heterocycles. The first-order valence-electron chi connectivity index (χ1n) is 10.5. The highest BCUT2D eigenvalue weighted by Gasteiger charge is 2.27. The van der Waals surface area contributed by atoms with Gasteiger partial charge in [0.15, 0.2) is 0 Å². The number of urea groups is 1. The number of carbonyl (C=O) groups excluding carboxylic acids is 2. The van der Waals surface area contributed by atoms with Gasteiger partial charge in [-0.3, -0.25) is 10.1 Å². The van der Waals surface area contributed by atoms with Gasteiger partial charge in [-0.1, -0.05) is 59.7 Å². The van der Waals surface area contributed by atoms with Crippen molar-refractivity contribution in [2.24, 2.45) is 5.92 Å². The summed E-state index contributed by atoms with van der Waals surface area (Å²) < 4.78 is 11.5. The molecule has 0 unspecified atom stereocenters. The van der Waals surface area contributed by atoms with Crippen molar-refractivity contribution in [2.45, 2.75) is 26.3 Å². The summed E-state index contributed by atoms with van der Waals surface area (Å²) in [6.45, 7) is 3.85. The summed E-state index contributed by atoms with van der Waals surface area (Å²) in [6.07, 6.45) is 0.685. The lowest BCUT2D eigenvalue weighted by molar-refractivity contribution is -0.119. The highest BCUT2D eigenvalue weighted by molar-refractivity contribution is 9.10. The van der Waals surface area contributed by atoms with Crippen LogP contribution in [0.5, 0.6) is 11.5 Å². The Hall–Kier alpha value is -3.18. The number of nitrogens with one attached hydrogen (secondary N) is 3. The molecule has 3 aromatic rings. The second kappa shape index (κ2) is 11.8. The Kier molecular flexibility index (Phi) is 8.83. The lowest BCUT2D eigenvalue weighted by atomic mass is 9.98. The quantitative estimate of drug-likeness (QED) is 0.341. The minimum atomic E-state index is -0.783. The highest BCUT2D eigenvalue weighted by atomic mass is 79.9. The van der Waals surface area contributed by atoms with Gasteiger partial charge < -0.3 is 20.1 Å². The molecule has 0 fully saturated rings. The first-order chi connectivity index (χ1) is 16.3. The summed E-state index contributed by atoms with van der Waals surface area (Å²) in [5.74, 6) is 0.541. The molecule has 0 aliphatic carbocycles. The number of halogens is 1. The number of benzene rings is 2. The molecule has 1 heterocycles. The fraction of sp³-hybridized carbons (Fsp3) is 0.304. The first-order valence-corrected chi connectivity index (χ1v) is 12.1. The molecule has 1 aromatic heterocycles. The van der Waals surface area contributed by atoms with E-state index in [1.807, 2.05) is 38.1 Å². The van der Waals surface area contributed by atoms with Crippen LogP contribution < -0.4 is 25.4 Å². The van der Waals surface area contributed by atoms with Crippen molar-refractivity contribution in [1.29, 1.82) is 0 Å². The van der Waals surface area contributed by atoms with E-state index in [1.54, 1.807) is 25.3 Å². The van der Waals surface area contributed by atoms with Crippen LogP contribution in [-0.4, -0.2) is 42.4 Å². The van der Waals surface area contributed by atoms with Crippen LogP contribution in [0.2, 0.25) is 0 Å². The van der Waals surface area contributed by atoms with Gasteiger partial charge in [0.25, 0.3) is 0 Å². The van der Waals surface area contributed by atoms with Crippen LogP contribution >= 0.6 is 27.3 Å². The maximum atomic E-state index is 13.0. The van der Waals surface area contributed by atoms with Crippen LogP contribution in [-0.2, 0) is 4.79 Å². The number of carbonyl (C=O) groups is 2. The average Bonchev–Trinajstić information content (AvgIpc) is 3.31. The number of amides is 3. The smallest absolute Gasteiger partial charge is 0.320 e. The van der Waals surface area contributed by atoms with E-state index in [0.717, 1.165) is 10.0 Å². The number of ether oxygens (including phenoxy) is 2. The number of hydrogen-bond acceptors (Lipinski definition) is 7. The lowest BCUT2D eigenvalue weighted by Gasteiger charge is -2.23. The summed E-state index contributed by atoms with van der Waals surface area (Å²) in [5, 5.41) is 17.5. The maximum Gasteiger partial charge on any atom is 0.320 e. The summed E-state index contributed by atoms with van der Waals surface area (Å²) in [4.78, 5) is 25.8. The Morgan fingerprint density at radius 3 is 2.44 bits per heavy atom. The maximum absolute atomic E-state index is 13.0. The van der Waals surface area contributed by atoms with Gasteiger partial charge in [0.05, 0.1) is 19.9 Å². The van der Waals surface area contributed by atoms with E-state index >= 15 is 0 Å². The SMILES string of the molecule is CC[C@@H](C)[C@H](NC(=O)Nc1ccc(OC)cc1OC)C(=O)Nc1nnc(-c2ccc(Br)cc2)s1. The Labute approximate surface area is 210 Å². The van der Waals surface area contributed by atoms with Crippen molar-refractivity contribution in [2.75, 3.05) is 24.9 Å². The molecule has 2 atom stereocenters. The molecule has 34 heavy (non-hydrogen) atoms. The molecule has 3 N–H and O–H groups in total. The molecule has 0 saturated carbocycles. The van der Waals surface area contributed by atoms with E-state index in [9.17, 15) is 9.59 Å². The van der Waals surface area contributed by atoms with E-state index in [-0.39, 0.29) is 11.8 Å².